The number of ether oxygens (including phenoxy) is 1. The summed E-state index contributed by atoms with van der Waals surface area (Å²) in [4.78, 5) is 10.4. The van der Waals surface area contributed by atoms with Gasteiger partial charge in [-0.3, -0.25) is 4.55 Å². The lowest BCUT2D eigenvalue weighted by Gasteiger charge is -2.19. The molecule has 1 heterocycles. The van der Waals surface area contributed by atoms with Gasteiger partial charge in [-0.25, -0.2) is 4.18 Å². The first kappa shape index (κ1) is 12.5. The second-order valence-electron chi connectivity index (χ2n) is 2.98. The van der Waals surface area contributed by atoms with Crippen molar-refractivity contribution in [3.05, 3.63) is 0 Å². The van der Waals surface area contributed by atoms with Crippen LogP contribution in [0.4, 0.5) is 0 Å². The summed E-state index contributed by atoms with van der Waals surface area (Å²) in [5.41, 5.74) is 0. The van der Waals surface area contributed by atoms with Crippen LogP contribution >= 0.6 is 0 Å². The van der Waals surface area contributed by atoms with Crippen LogP contribution in [0.15, 0.2) is 0 Å². The minimum Gasteiger partial charge on any atom is -0.388 e. The third-order valence-electron chi connectivity index (χ3n) is 1.88. The molecule has 0 aliphatic carbocycles. The number of aldehydes is 1. The maximum absolute atomic E-state index is 10.4. The largest absolute Gasteiger partial charge is 0.398 e. The molecular formula is C6H10O8S. The standard InChI is InChI=1S/C6H10O8S/c7-1-4(14-15(10,11)12)6-5(9)3(8)2-13-6/h1,3-6,8-9H,2H2,(H,10,11,12)/t3-,4+,5+,6-/m1/s1. The van der Waals surface area contributed by atoms with Gasteiger partial charge in [-0.15, -0.1) is 0 Å². The van der Waals surface area contributed by atoms with Gasteiger partial charge >= 0.3 is 10.4 Å². The van der Waals surface area contributed by atoms with E-state index in [9.17, 15) is 18.3 Å². The van der Waals surface area contributed by atoms with Crippen molar-refractivity contribution in [3.63, 3.8) is 0 Å². The molecule has 4 atom stereocenters. The third kappa shape index (κ3) is 3.19. The number of carbonyl (C=O) groups is 1. The Hall–Kier alpha value is -0.580. The van der Waals surface area contributed by atoms with Gasteiger partial charge in [0.25, 0.3) is 0 Å². The Labute approximate surface area is 85.4 Å². The Morgan fingerprint density at radius 2 is 2.07 bits per heavy atom. The molecule has 1 fully saturated rings. The van der Waals surface area contributed by atoms with Crippen LogP contribution in [0.2, 0.25) is 0 Å². The molecule has 9 heteroatoms. The Morgan fingerprint density at radius 1 is 1.47 bits per heavy atom. The molecular weight excluding hydrogens is 232 g/mol. The normalized spacial score (nSPS) is 33.9. The predicted molar refractivity (Wildman–Crippen MR) is 44.2 cm³/mol. The SMILES string of the molecule is O=C[C@H](OS(=O)(=O)O)[C@H]1OC[C@@H](O)[C@@H]1O. The number of aliphatic hydroxyl groups excluding tert-OH is 2. The van der Waals surface area contributed by atoms with Crippen LogP contribution in [0.5, 0.6) is 0 Å². The van der Waals surface area contributed by atoms with Gasteiger partial charge < -0.3 is 19.7 Å². The fourth-order valence-electron chi connectivity index (χ4n) is 1.21. The lowest BCUT2D eigenvalue weighted by atomic mass is 10.1. The lowest BCUT2D eigenvalue weighted by Crippen LogP contribution is -2.41. The summed E-state index contributed by atoms with van der Waals surface area (Å²) in [7, 11) is -4.82. The van der Waals surface area contributed by atoms with Crippen LogP contribution in [0.3, 0.4) is 0 Å². The minimum absolute atomic E-state index is 0.0553. The molecule has 0 saturated carbocycles. The van der Waals surface area contributed by atoms with Crippen molar-refractivity contribution in [2.45, 2.75) is 24.4 Å². The Bertz CT molecular complexity index is 324. The quantitative estimate of drug-likeness (QED) is 0.364. The highest BCUT2D eigenvalue weighted by molar-refractivity contribution is 7.80. The number of hydrogen-bond donors (Lipinski definition) is 3. The van der Waals surface area contributed by atoms with E-state index in [-0.39, 0.29) is 12.9 Å². The van der Waals surface area contributed by atoms with E-state index < -0.39 is 34.8 Å². The molecule has 0 unspecified atom stereocenters. The smallest absolute Gasteiger partial charge is 0.388 e. The van der Waals surface area contributed by atoms with Crippen LogP contribution < -0.4 is 0 Å². The van der Waals surface area contributed by atoms with E-state index in [1.165, 1.54) is 0 Å². The molecule has 0 aromatic rings. The van der Waals surface area contributed by atoms with E-state index in [1.54, 1.807) is 0 Å². The Morgan fingerprint density at radius 3 is 2.40 bits per heavy atom. The molecule has 0 bridgehead atoms. The van der Waals surface area contributed by atoms with Gasteiger partial charge in [-0.2, -0.15) is 8.42 Å². The molecule has 1 rings (SSSR count). The van der Waals surface area contributed by atoms with Crippen LogP contribution in [-0.4, -0.2) is 60.5 Å². The Kier molecular flexibility index (Phi) is 3.76. The first-order valence-electron chi connectivity index (χ1n) is 3.94. The van der Waals surface area contributed by atoms with Crippen molar-refractivity contribution in [2.75, 3.05) is 6.61 Å². The average molecular weight is 242 g/mol. The highest BCUT2D eigenvalue weighted by atomic mass is 32.3. The third-order valence-corrected chi connectivity index (χ3v) is 2.35. The molecule has 0 amide bonds. The van der Waals surface area contributed by atoms with E-state index in [2.05, 4.69) is 4.18 Å². The summed E-state index contributed by atoms with van der Waals surface area (Å²) in [6.07, 6.45) is -5.62. The molecule has 1 aliphatic rings. The number of hydrogen-bond acceptors (Lipinski definition) is 7. The zero-order chi connectivity index (χ0) is 11.6. The molecule has 0 spiro atoms. The summed E-state index contributed by atoms with van der Waals surface area (Å²) in [5.74, 6) is 0. The summed E-state index contributed by atoms with van der Waals surface area (Å²) in [6.45, 7) is -0.245. The zero-order valence-corrected chi connectivity index (χ0v) is 8.20. The predicted octanol–water partition coefficient (Wildman–Crippen LogP) is -2.51. The fourth-order valence-corrected chi connectivity index (χ4v) is 1.65. The summed E-state index contributed by atoms with van der Waals surface area (Å²) >= 11 is 0. The second-order valence-corrected chi connectivity index (χ2v) is 4.03. The van der Waals surface area contributed by atoms with Crippen LogP contribution in [0, 0.1) is 0 Å². The van der Waals surface area contributed by atoms with E-state index in [0.717, 1.165) is 0 Å². The molecule has 1 aliphatic heterocycles. The van der Waals surface area contributed by atoms with Crippen molar-refractivity contribution < 1.29 is 36.9 Å². The summed E-state index contributed by atoms with van der Waals surface area (Å²) in [6, 6.07) is 0. The molecule has 88 valence electrons. The molecule has 0 aromatic heterocycles. The topological polar surface area (TPSA) is 130 Å². The summed E-state index contributed by atoms with van der Waals surface area (Å²) in [5, 5.41) is 18.3. The highest BCUT2D eigenvalue weighted by Gasteiger charge is 2.42. The first-order valence-corrected chi connectivity index (χ1v) is 5.30. The van der Waals surface area contributed by atoms with Gasteiger partial charge in [0.2, 0.25) is 0 Å². The monoisotopic (exact) mass is 242 g/mol. The van der Waals surface area contributed by atoms with Crippen molar-refractivity contribution in [2.24, 2.45) is 0 Å². The van der Waals surface area contributed by atoms with Gasteiger partial charge in [0, 0.05) is 0 Å². The highest BCUT2D eigenvalue weighted by Crippen LogP contribution is 2.19. The van der Waals surface area contributed by atoms with Gasteiger partial charge in [-0.05, 0) is 0 Å². The van der Waals surface area contributed by atoms with Crippen molar-refractivity contribution in [1.82, 2.24) is 0 Å². The number of rotatable bonds is 4. The Balaban J connectivity index is 2.72. The van der Waals surface area contributed by atoms with Gasteiger partial charge in [0.05, 0.1) is 6.61 Å². The average Bonchev–Trinajstić information content (AvgIpc) is 2.43. The zero-order valence-electron chi connectivity index (χ0n) is 7.38. The molecule has 3 N–H and O–H groups in total. The van der Waals surface area contributed by atoms with Crippen molar-refractivity contribution in [3.8, 4) is 0 Å². The van der Waals surface area contributed by atoms with E-state index in [4.69, 9.17) is 14.4 Å². The second kappa shape index (κ2) is 4.51. The molecule has 0 aromatic carbocycles. The maximum atomic E-state index is 10.4. The number of carbonyl (C=O) groups excluding carboxylic acids is 1. The van der Waals surface area contributed by atoms with Crippen molar-refractivity contribution in [1.29, 1.82) is 0 Å². The van der Waals surface area contributed by atoms with E-state index in [0.29, 0.717) is 0 Å². The minimum atomic E-state index is -4.82. The lowest BCUT2D eigenvalue weighted by molar-refractivity contribution is -0.122. The van der Waals surface area contributed by atoms with Gasteiger partial charge in [-0.1, -0.05) is 0 Å². The molecule has 8 nitrogen and oxygen atoms in total. The van der Waals surface area contributed by atoms with Gasteiger partial charge in [0.1, 0.15) is 18.3 Å². The van der Waals surface area contributed by atoms with Crippen LogP contribution in [-0.2, 0) is 24.1 Å². The molecule has 0 radical (unpaired) electrons. The molecule has 1 saturated heterocycles. The number of aliphatic hydroxyl groups is 2. The first-order chi connectivity index (χ1) is 6.85. The van der Waals surface area contributed by atoms with Crippen LogP contribution in [0.25, 0.3) is 0 Å². The van der Waals surface area contributed by atoms with E-state index in [1.807, 2.05) is 0 Å². The van der Waals surface area contributed by atoms with Crippen LogP contribution in [0.1, 0.15) is 0 Å². The van der Waals surface area contributed by atoms with Crippen molar-refractivity contribution >= 4 is 16.7 Å². The van der Waals surface area contributed by atoms with Gasteiger partial charge in [0.15, 0.2) is 12.4 Å². The summed E-state index contributed by atoms with van der Waals surface area (Å²) < 4.78 is 37.7. The molecule has 15 heavy (non-hydrogen) atoms. The fraction of sp³-hybridized carbons (Fsp3) is 0.833. The van der Waals surface area contributed by atoms with E-state index >= 15 is 0 Å². The maximum Gasteiger partial charge on any atom is 0.398 e.